The number of nitrogens with zero attached hydrogens (tertiary/aromatic N) is 1. The molecule has 21 heavy (non-hydrogen) atoms. The van der Waals surface area contributed by atoms with Crippen LogP contribution in [0.1, 0.15) is 24.4 Å². The minimum absolute atomic E-state index is 0.366. The van der Waals surface area contributed by atoms with E-state index in [0.717, 1.165) is 5.02 Å². The zero-order valence-corrected chi connectivity index (χ0v) is 12.3. The third-order valence-corrected chi connectivity index (χ3v) is 3.49. The predicted octanol–water partition coefficient (Wildman–Crippen LogP) is 1.59. The summed E-state index contributed by atoms with van der Waals surface area (Å²) in [7, 11) is 0. The van der Waals surface area contributed by atoms with E-state index >= 15 is 0 Å². The number of halogens is 1. The van der Waals surface area contributed by atoms with Gasteiger partial charge in [-0.1, -0.05) is 23.7 Å². The number of carbonyl (C=O) groups is 2. The summed E-state index contributed by atoms with van der Waals surface area (Å²) in [5.41, 5.74) is 7.13. The van der Waals surface area contributed by atoms with E-state index in [-0.39, 0.29) is 0 Å². The first-order chi connectivity index (χ1) is 9.95. The van der Waals surface area contributed by atoms with Gasteiger partial charge in [-0.2, -0.15) is 0 Å². The van der Waals surface area contributed by atoms with E-state index in [1.54, 1.807) is 0 Å². The van der Waals surface area contributed by atoms with Gasteiger partial charge in [-0.15, -0.1) is 0 Å². The van der Waals surface area contributed by atoms with Gasteiger partial charge in [0.1, 0.15) is 0 Å². The highest BCUT2D eigenvalue weighted by molar-refractivity contribution is 6.30. The van der Waals surface area contributed by atoms with Crippen LogP contribution in [0.15, 0.2) is 24.3 Å². The highest BCUT2D eigenvalue weighted by Gasteiger charge is 2.21. The fourth-order valence-corrected chi connectivity index (χ4v) is 2.36. The maximum Gasteiger partial charge on any atom is 0.414 e. The quantitative estimate of drug-likeness (QED) is 0.732. The van der Waals surface area contributed by atoms with Gasteiger partial charge in [-0.3, -0.25) is 4.90 Å². The average molecular weight is 315 g/mol. The molecular weight excluding hydrogens is 296 g/mol. The summed E-state index contributed by atoms with van der Waals surface area (Å²) < 4.78 is 0. The number of carboxylic acid groups (broad SMARTS) is 2. The van der Waals surface area contributed by atoms with Crippen molar-refractivity contribution in [2.45, 2.75) is 18.9 Å². The Kier molecular flexibility index (Phi) is 7.14. The van der Waals surface area contributed by atoms with E-state index in [9.17, 15) is 0 Å². The zero-order valence-electron chi connectivity index (χ0n) is 11.5. The number of carboxylic acids is 2. The third-order valence-electron chi connectivity index (χ3n) is 3.24. The Bertz CT molecular complexity index is 460. The average Bonchev–Trinajstić information content (AvgIpc) is 2.96. The smallest absolute Gasteiger partial charge is 0.414 e. The molecule has 1 aromatic rings. The highest BCUT2D eigenvalue weighted by atomic mass is 35.5. The van der Waals surface area contributed by atoms with Gasteiger partial charge in [0.2, 0.25) is 0 Å². The van der Waals surface area contributed by atoms with E-state index in [1.807, 2.05) is 12.1 Å². The first kappa shape index (κ1) is 17.4. The largest absolute Gasteiger partial charge is 0.473 e. The van der Waals surface area contributed by atoms with E-state index in [4.69, 9.17) is 37.1 Å². The second kappa shape index (κ2) is 8.61. The molecule has 1 saturated heterocycles. The van der Waals surface area contributed by atoms with Crippen LogP contribution in [0.25, 0.3) is 0 Å². The molecule has 0 bridgehead atoms. The van der Waals surface area contributed by atoms with Crippen LogP contribution in [-0.2, 0) is 9.59 Å². The van der Waals surface area contributed by atoms with Gasteiger partial charge in [0.15, 0.2) is 0 Å². The summed E-state index contributed by atoms with van der Waals surface area (Å²) in [6.07, 6.45) is 2.59. The number of nitrogens with two attached hydrogens (primary N) is 1. The van der Waals surface area contributed by atoms with Crippen LogP contribution in [0.5, 0.6) is 0 Å². The van der Waals surface area contributed by atoms with Gasteiger partial charge in [0.25, 0.3) is 0 Å². The van der Waals surface area contributed by atoms with Crippen molar-refractivity contribution in [3.05, 3.63) is 34.9 Å². The molecule has 7 heteroatoms. The second-order valence-corrected chi connectivity index (χ2v) is 5.09. The van der Waals surface area contributed by atoms with Gasteiger partial charge in [-0.05, 0) is 43.6 Å². The molecule has 1 fully saturated rings. The van der Waals surface area contributed by atoms with E-state index < -0.39 is 11.9 Å². The van der Waals surface area contributed by atoms with Crippen LogP contribution in [0.3, 0.4) is 0 Å². The fourth-order valence-electron chi connectivity index (χ4n) is 2.23. The summed E-state index contributed by atoms with van der Waals surface area (Å²) in [5, 5.41) is 15.6. The highest BCUT2D eigenvalue weighted by Crippen LogP contribution is 2.25. The summed E-state index contributed by atoms with van der Waals surface area (Å²) in [4.78, 5) is 20.7. The molecule has 0 spiro atoms. The molecule has 1 aliphatic rings. The second-order valence-electron chi connectivity index (χ2n) is 4.66. The molecule has 2 rings (SSSR count). The maximum atomic E-state index is 9.10. The third kappa shape index (κ3) is 5.71. The first-order valence-corrected chi connectivity index (χ1v) is 6.99. The Balaban J connectivity index is 0.000000315. The topological polar surface area (TPSA) is 104 Å². The SMILES string of the molecule is NCC(c1ccc(Cl)cc1)N1CCCC1.O=C(O)C(=O)O. The van der Waals surface area contributed by atoms with Crippen LogP contribution < -0.4 is 5.73 Å². The Labute approximate surface area is 128 Å². The Morgan fingerprint density at radius 1 is 1.14 bits per heavy atom. The van der Waals surface area contributed by atoms with Gasteiger partial charge in [-0.25, -0.2) is 9.59 Å². The summed E-state index contributed by atoms with van der Waals surface area (Å²) in [6, 6.07) is 8.41. The zero-order chi connectivity index (χ0) is 15.8. The number of hydrogen-bond donors (Lipinski definition) is 3. The van der Waals surface area contributed by atoms with E-state index in [1.165, 1.54) is 31.5 Å². The van der Waals surface area contributed by atoms with Crippen molar-refractivity contribution in [3.8, 4) is 0 Å². The van der Waals surface area contributed by atoms with Crippen LogP contribution in [-0.4, -0.2) is 46.7 Å². The monoisotopic (exact) mass is 314 g/mol. The van der Waals surface area contributed by atoms with Crippen LogP contribution in [0, 0.1) is 0 Å². The van der Waals surface area contributed by atoms with Crippen molar-refractivity contribution in [1.82, 2.24) is 4.90 Å². The van der Waals surface area contributed by atoms with Crippen LogP contribution in [0.2, 0.25) is 5.02 Å². The molecule has 1 atom stereocenters. The van der Waals surface area contributed by atoms with Gasteiger partial charge >= 0.3 is 11.9 Å². The standard InChI is InChI=1S/C12H17ClN2.C2H2O4/c13-11-5-3-10(4-6-11)12(9-14)15-7-1-2-8-15;3-1(4)2(5)6/h3-6,12H,1-2,7-9,14H2;(H,3,4)(H,5,6). The number of benzene rings is 1. The fraction of sp³-hybridized carbons (Fsp3) is 0.429. The number of aliphatic carboxylic acids is 2. The molecule has 4 N–H and O–H groups in total. The normalized spacial score (nSPS) is 15.9. The van der Waals surface area contributed by atoms with Crippen molar-refractivity contribution in [3.63, 3.8) is 0 Å². The van der Waals surface area contributed by atoms with Crippen molar-refractivity contribution in [2.75, 3.05) is 19.6 Å². The first-order valence-electron chi connectivity index (χ1n) is 6.61. The minimum atomic E-state index is -1.82. The molecule has 0 saturated carbocycles. The lowest BCUT2D eigenvalue weighted by Crippen LogP contribution is -2.31. The molecule has 1 aliphatic heterocycles. The molecule has 1 unspecified atom stereocenters. The lowest BCUT2D eigenvalue weighted by Gasteiger charge is -2.26. The Hall–Kier alpha value is -1.63. The van der Waals surface area contributed by atoms with Crippen molar-refractivity contribution >= 4 is 23.5 Å². The van der Waals surface area contributed by atoms with Gasteiger partial charge in [0.05, 0.1) is 0 Å². The van der Waals surface area contributed by atoms with Gasteiger partial charge in [0, 0.05) is 17.6 Å². The molecule has 0 aromatic heterocycles. The number of hydrogen-bond acceptors (Lipinski definition) is 4. The van der Waals surface area contributed by atoms with Crippen molar-refractivity contribution in [2.24, 2.45) is 5.73 Å². The molecular formula is C14H19ClN2O4. The Morgan fingerprint density at radius 3 is 2.00 bits per heavy atom. The molecule has 0 aliphatic carbocycles. The lowest BCUT2D eigenvalue weighted by molar-refractivity contribution is -0.159. The summed E-state index contributed by atoms with van der Waals surface area (Å²) >= 11 is 5.87. The minimum Gasteiger partial charge on any atom is -0.473 e. The molecule has 1 aromatic carbocycles. The maximum absolute atomic E-state index is 9.10. The molecule has 1 heterocycles. The molecule has 0 radical (unpaired) electrons. The van der Waals surface area contributed by atoms with Crippen LogP contribution >= 0.6 is 11.6 Å². The number of likely N-dealkylation sites (tertiary alicyclic amines) is 1. The Morgan fingerprint density at radius 2 is 1.62 bits per heavy atom. The lowest BCUT2D eigenvalue weighted by atomic mass is 10.1. The van der Waals surface area contributed by atoms with E-state index in [0.29, 0.717) is 12.6 Å². The number of rotatable bonds is 3. The van der Waals surface area contributed by atoms with Crippen molar-refractivity contribution < 1.29 is 19.8 Å². The summed E-state index contributed by atoms with van der Waals surface area (Å²) in [5.74, 6) is -3.65. The predicted molar refractivity (Wildman–Crippen MR) is 79.3 cm³/mol. The molecule has 6 nitrogen and oxygen atoms in total. The summed E-state index contributed by atoms with van der Waals surface area (Å²) in [6.45, 7) is 3.02. The van der Waals surface area contributed by atoms with E-state index in [2.05, 4.69) is 17.0 Å². The molecule has 116 valence electrons. The van der Waals surface area contributed by atoms with Crippen molar-refractivity contribution in [1.29, 1.82) is 0 Å². The van der Waals surface area contributed by atoms with Crippen LogP contribution in [0.4, 0.5) is 0 Å². The van der Waals surface area contributed by atoms with Gasteiger partial charge < -0.3 is 15.9 Å². The molecule has 0 amide bonds.